The molecule has 0 spiro atoms. The average Bonchev–Trinajstić information content (AvgIpc) is 2.79. The molecule has 4 heteroatoms. The van der Waals surface area contributed by atoms with Gasteiger partial charge in [-0.1, -0.05) is 94.3 Å². The maximum atomic E-state index is 8.90. The van der Waals surface area contributed by atoms with Gasteiger partial charge in [0.25, 0.3) is 0 Å². The summed E-state index contributed by atoms with van der Waals surface area (Å²) in [6.07, 6.45) is 7.96. The number of hydrogen-bond acceptors (Lipinski definition) is 3. The molecule has 2 aromatic carbocycles. The van der Waals surface area contributed by atoms with Crippen LogP contribution in [0.4, 0.5) is 0 Å². The van der Waals surface area contributed by atoms with Crippen LogP contribution < -0.4 is 5.32 Å². The summed E-state index contributed by atoms with van der Waals surface area (Å²) in [5.74, 6) is 1.85. The lowest BCUT2D eigenvalue weighted by Crippen LogP contribution is -2.25. The number of allylic oxidation sites excluding steroid dienone is 3. The van der Waals surface area contributed by atoms with Gasteiger partial charge in [-0.15, -0.1) is 0 Å². The Kier molecular flexibility index (Phi) is 17.5. The van der Waals surface area contributed by atoms with Gasteiger partial charge in [0.15, 0.2) is 0 Å². The minimum atomic E-state index is 0.347. The number of nitrogens with one attached hydrogen (secondary N) is 1. The van der Waals surface area contributed by atoms with Gasteiger partial charge in [-0.3, -0.25) is 0 Å². The van der Waals surface area contributed by atoms with Crippen molar-refractivity contribution in [2.45, 2.75) is 54.4 Å². The largest absolute Gasteiger partial charge is 0.513 e. The zero-order valence-electron chi connectivity index (χ0n) is 21.1. The second kappa shape index (κ2) is 19.0. The van der Waals surface area contributed by atoms with Crippen LogP contribution in [0, 0.1) is 30.1 Å². The highest BCUT2D eigenvalue weighted by atomic mass is 35.5. The van der Waals surface area contributed by atoms with E-state index in [1.54, 1.807) is 25.1 Å². The third-order valence-corrected chi connectivity index (χ3v) is 5.42. The van der Waals surface area contributed by atoms with E-state index in [1.807, 2.05) is 37.3 Å². The summed E-state index contributed by atoms with van der Waals surface area (Å²) in [6, 6.07) is 17.8. The Hall–Kier alpha value is -2.54. The Morgan fingerprint density at radius 3 is 2.27 bits per heavy atom. The van der Waals surface area contributed by atoms with Crippen molar-refractivity contribution in [3.05, 3.63) is 94.2 Å². The van der Waals surface area contributed by atoms with Gasteiger partial charge in [0.2, 0.25) is 0 Å². The van der Waals surface area contributed by atoms with Crippen molar-refractivity contribution in [3.63, 3.8) is 0 Å². The summed E-state index contributed by atoms with van der Waals surface area (Å²) >= 11 is 5.71. The van der Waals surface area contributed by atoms with Gasteiger partial charge in [-0.05, 0) is 68.0 Å². The average molecular weight is 469 g/mol. The summed E-state index contributed by atoms with van der Waals surface area (Å²) in [4.78, 5) is 0. The van der Waals surface area contributed by atoms with Crippen LogP contribution in [0.3, 0.4) is 0 Å². The molecular formula is C29H41ClN2O. The Labute approximate surface area is 206 Å². The molecule has 0 radical (unpaired) electrons. The summed E-state index contributed by atoms with van der Waals surface area (Å²) < 4.78 is 0. The molecule has 1 unspecified atom stereocenters. The van der Waals surface area contributed by atoms with Crippen LogP contribution >= 0.6 is 11.6 Å². The monoisotopic (exact) mass is 468 g/mol. The Bertz CT molecular complexity index is 863. The lowest BCUT2D eigenvalue weighted by Gasteiger charge is -2.18. The number of aliphatic hydroxyl groups excluding tert-OH is 1. The molecule has 2 aromatic rings. The second-order valence-corrected chi connectivity index (χ2v) is 8.65. The standard InChI is InChI=1S/C13H25NO.C8H6ClN.C8H10/c1-5-13(11(2)3)10-14-9-7-6-8-12(4)15;1-6-2-3-7(5-10)8(9)4-6;1-2-8-6-4-3-5-7-8/h6-8,11,13-15H,5,9-10H2,1-4H3;2-4H,1H3;3-7H,2H2,1H3/b7-6+,12-8-;;. The van der Waals surface area contributed by atoms with Crippen molar-refractivity contribution in [1.29, 1.82) is 5.26 Å². The predicted molar refractivity (Wildman–Crippen MR) is 144 cm³/mol. The van der Waals surface area contributed by atoms with Gasteiger partial charge in [0.05, 0.1) is 16.3 Å². The number of aliphatic hydroxyl groups is 1. The lowest BCUT2D eigenvalue weighted by atomic mass is 9.93. The van der Waals surface area contributed by atoms with Crippen LogP contribution in [0.15, 0.2) is 72.5 Å². The van der Waals surface area contributed by atoms with E-state index in [1.165, 1.54) is 12.0 Å². The fourth-order valence-electron chi connectivity index (χ4n) is 2.90. The SMILES string of the molecule is CCC(CNC/C=C/C=C(/C)O)C(C)C.CCc1ccccc1.Cc1ccc(C#N)c(Cl)c1. The van der Waals surface area contributed by atoms with E-state index >= 15 is 0 Å². The molecule has 0 heterocycles. The first-order valence-electron chi connectivity index (χ1n) is 11.7. The van der Waals surface area contributed by atoms with Crippen molar-refractivity contribution in [2.24, 2.45) is 11.8 Å². The fraction of sp³-hybridized carbons (Fsp3) is 0.414. The first-order chi connectivity index (χ1) is 15.7. The van der Waals surface area contributed by atoms with Crippen molar-refractivity contribution >= 4 is 11.6 Å². The molecular weight excluding hydrogens is 428 g/mol. The molecule has 0 saturated heterocycles. The first-order valence-corrected chi connectivity index (χ1v) is 12.1. The molecule has 0 aliphatic carbocycles. The van der Waals surface area contributed by atoms with E-state index in [9.17, 15) is 0 Å². The highest BCUT2D eigenvalue weighted by molar-refractivity contribution is 6.31. The van der Waals surface area contributed by atoms with E-state index in [2.05, 4.69) is 57.3 Å². The molecule has 3 nitrogen and oxygen atoms in total. The highest BCUT2D eigenvalue weighted by Crippen LogP contribution is 2.15. The second-order valence-electron chi connectivity index (χ2n) is 8.24. The van der Waals surface area contributed by atoms with Gasteiger partial charge < -0.3 is 10.4 Å². The summed E-state index contributed by atoms with van der Waals surface area (Å²) in [6.45, 7) is 14.5. The molecule has 0 aliphatic heterocycles. The summed E-state index contributed by atoms with van der Waals surface area (Å²) in [5.41, 5.74) is 3.02. The predicted octanol–water partition coefficient (Wildman–Crippen LogP) is 8.05. The summed E-state index contributed by atoms with van der Waals surface area (Å²) in [5, 5.41) is 21.3. The van der Waals surface area contributed by atoms with Gasteiger partial charge >= 0.3 is 0 Å². The molecule has 180 valence electrons. The third kappa shape index (κ3) is 15.8. The van der Waals surface area contributed by atoms with E-state index in [4.69, 9.17) is 22.0 Å². The maximum Gasteiger partial charge on any atom is 0.101 e. The number of benzene rings is 2. The molecule has 0 saturated carbocycles. The van der Waals surface area contributed by atoms with Crippen LogP contribution in [0.5, 0.6) is 0 Å². The van der Waals surface area contributed by atoms with Crippen LogP contribution in [-0.2, 0) is 6.42 Å². The molecule has 2 N–H and O–H groups in total. The van der Waals surface area contributed by atoms with Gasteiger partial charge in [-0.2, -0.15) is 5.26 Å². The van der Waals surface area contributed by atoms with E-state index in [0.717, 1.165) is 36.9 Å². The van der Waals surface area contributed by atoms with Crippen LogP contribution in [-0.4, -0.2) is 18.2 Å². The number of nitriles is 1. The van der Waals surface area contributed by atoms with Crippen molar-refractivity contribution < 1.29 is 5.11 Å². The van der Waals surface area contributed by atoms with Crippen molar-refractivity contribution in [1.82, 2.24) is 5.32 Å². The fourth-order valence-corrected chi connectivity index (χ4v) is 3.18. The zero-order chi connectivity index (χ0) is 25.1. The molecule has 0 aliphatic rings. The van der Waals surface area contributed by atoms with Crippen molar-refractivity contribution in [3.8, 4) is 6.07 Å². The number of halogens is 1. The Balaban J connectivity index is 0.000000490. The Morgan fingerprint density at radius 1 is 1.15 bits per heavy atom. The smallest absolute Gasteiger partial charge is 0.101 e. The molecule has 1 atom stereocenters. The summed E-state index contributed by atoms with van der Waals surface area (Å²) in [7, 11) is 0. The number of rotatable bonds is 8. The first kappa shape index (κ1) is 30.5. The normalized spacial score (nSPS) is 11.8. The topological polar surface area (TPSA) is 56.0 Å². The van der Waals surface area contributed by atoms with E-state index in [-0.39, 0.29) is 0 Å². The van der Waals surface area contributed by atoms with Crippen LogP contribution in [0.2, 0.25) is 5.02 Å². The zero-order valence-corrected chi connectivity index (χ0v) is 21.9. The van der Waals surface area contributed by atoms with Crippen LogP contribution in [0.1, 0.15) is 57.7 Å². The molecule has 33 heavy (non-hydrogen) atoms. The molecule has 0 aromatic heterocycles. The maximum absolute atomic E-state index is 8.90. The molecule has 0 amide bonds. The number of aryl methyl sites for hydroxylation is 2. The minimum Gasteiger partial charge on any atom is -0.513 e. The third-order valence-electron chi connectivity index (χ3n) is 5.11. The number of nitrogens with zero attached hydrogens (tertiary/aromatic N) is 1. The Morgan fingerprint density at radius 2 is 1.82 bits per heavy atom. The van der Waals surface area contributed by atoms with Crippen LogP contribution in [0.25, 0.3) is 0 Å². The van der Waals surface area contributed by atoms with Crippen molar-refractivity contribution in [2.75, 3.05) is 13.1 Å². The van der Waals surface area contributed by atoms with Gasteiger partial charge in [0.1, 0.15) is 6.07 Å². The molecule has 0 bridgehead atoms. The molecule has 0 fully saturated rings. The lowest BCUT2D eigenvalue weighted by molar-refractivity contribution is 0.358. The number of hydrogen-bond donors (Lipinski definition) is 2. The van der Waals surface area contributed by atoms with Gasteiger partial charge in [-0.25, -0.2) is 0 Å². The van der Waals surface area contributed by atoms with E-state index < -0.39 is 0 Å². The van der Waals surface area contributed by atoms with E-state index in [0.29, 0.717) is 16.3 Å². The van der Waals surface area contributed by atoms with Gasteiger partial charge in [0, 0.05) is 6.54 Å². The minimum absolute atomic E-state index is 0.347. The quantitative estimate of drug-likeness (QED) is 0.234. The molecule has 2 rings (SSSR count). The highest BCUT2D eigenvalue weighted by Gasteiger charge is 2.09.